The first-order valence-electron chi connectivity index (χ1n) is 9.83. The second-order valence-corrected chi connectivity index (χ2v) is 8.97. The number of esters is 1. The van der Waals surface area contributed by atoms with Crippen molar-refractivity contribution in [2.75, 3.05) is 13.7 Å². The van der Waals surface area contributed by atoms with Gasteiger partial charge in [0.1, 0.15) is 11.8 Å². The summed E-state index contributed by atoms with van der Waals surface area (Å²) < 4.78 is 13.0. The van der Waals surface area contributed by atoms with E-state index in [4.69, 9.17) is 9.47 Å². The Hall–Kier alpha value is -2.97. The predicted molar refractivity (Wildman–Crippen MR) is 122 cm³/mol. The average molecular weight is 455 g/mol. The van der Waals surface area contributed by atoms with Crippen molar-refractivity contribution in [2.45, 2.75) is 26.8 Å². The number of methoxy groups -OCH3 is 1. The van der Waals surface area contributed by atoms with E-state index < -0.39 is 12.0 Å². The van der Waals surface area contributed by atoms with Crippen LogP contribution in [-0.4, -0.2) is 24.3 Å². The molecule has 0 saturated carbocycles. The van der Waals surface area contributed by atoms with E-state index in [2.05, 4.69) is 4.99 Å². The largest absolute Gasteiger partial charge is 0.496 e. The van der Waals surface area contributed by atoms with Crippen LogP contribution in [-0.2, 0) is 9.53 Å². The highest BCUT2D eigenvalue weighted by Crippen LogP contribution is 2.35. The first kappa shape index (κ1) is 21.3. The number of para-hydroxylation sites is 1. The molecular formula is C23H22N2O4S2. The molecule has 4 rings (SSSR count). The Bertz CT molecular complexity index is 1360. The van der Waals surface area contributed by atoms with Crippen molar-refractivity contribution >= 4 is 34.7 Å². The van der Waals surface area contributed by atoms with Crippen LogP contribution in [0.4, 0.5) is 0 Å². The Kier molecular flexibility index (Phi) is 5.93. The number of carbonyl (C=O) groups is 1. The van der Waals surface area contributed by atoms with E-state index in [-0.39, 0.29) is 12.2 Å². The Balaban J connectivity index is 2.01. The standard InChI is InChI=1S/C23H22N2O4S2/c1-5-29-22(27)19-14(3)24-23-25(20(19)15-8-6-7-9-16(15)28-4)21(26)18(31-23)12-17-13(2)10-11-30-17/h6-12,20H,5H2,1-4H3/b18-12-. The van der Waals surface area contributed by atoms with Gasteiger partial charge in [0.15, 0.2) is 4.80 Å². The van der Waals surface area contributed by atoms with Crippen molar-refractivity contribution in [3.8, 4) is 5.75 Å². The summed E-state index contributed by atoms with van der Waals surface area (Å²) in [7, 11) is 1.57. The highest BCUT2D eigenvalue weighted by atomic mass is 32.1. The molecule has 6 nitrogen and oxygen atoms in total. The highest BCUT2D eigenvalue weighted by Gasteiger charge is 2.34. The van der Waals surface area contributed by atoms with Crippen molar-refractivity contribution in [2.24, 2.45) is 4.99 Å². The number of benzene rings is 1. The normalized spacial score (nSPS) is 16.1. The van der Waals surface area contributed by atoms with Crippen LogP contribution in [0.3, 0.4) is 0 Å². The van der Waals surface area contributed by atoms with Crippen LogP contribution >= 0.6 is 22.7 Å². The Morgan fingerprint density at radius 3 is 2.71 bits per heavy atom. The summed E-state index contributed by atoms with van der Waals surface area (Å²) in [6.07, 6.45) is 1.90. The van der Waals surface area contributed by atoms with E-state index in [1.54, 1.807) is 36.9 Å². The molecule has 1 atom stereocenters. The number of ether oxygens (including phenoxy) is 2. The highest BCUT2D eigenvalue weighted by molar-refractivity contribution is 7.11. The number of thiophene rings is 1. The number of nitrogens with zero attached hydrogens (tertiary/aromatic N) is 2. The molecular weight excluding hydrogens is 432 g/mol. The van der Waals surface area contributed by atoms with Crippen LogP contribution in [0, 0.1) is 6.92 Å². The van der Waals surface area contributed by atoms with Gasteiger partial charge in [0.25, 0.3) is 5.56 Å². The van der Waals surface area contributed by atoms with Crippen LogP contribution < -0.4 is 19.6 Å². The maximum atomic E-state index is 13.5. The summed E-state index contributed by atoms with van der Waals surface area (Å²) in [4.78, 5) is 32.6. The smallest absolute Gasteiger partial charge is 0.338 e. The third-order valence-electron chi connectivity index (χ3n) is 5.11. The third-order valence-corrected chi connectivity index (χ3v) is 7.06. The lowest BCUT2D eigenvalue weighted by Crippen LogP contribution is -2.40. The van der Waals surface area contributed by atoms with Gasteiger partial charge in [-0.05, 0) is 49.9 Å². The lowest BCUT2D eigenvalue weighted by atomic mass is 9.95. The van der Waals surface area contributed by atoms with E-state index in [0.29, 0.717) is 31.9 Å². The third kappa shape index (κ3) is 3.77. The van der Waals surface area contributed by atoms with Gasteiger partial charge in [0, 0.05) is 10.4 Å². The molecule has 1 aliphatic heterocycles. The number of aromatic nitrogens is 1. The quantitative estimate of drug-likeness (QED) is 0.556. The minimum Gasteiger partial charge on any atom is -0.496 e. The van der Waals surface area contributed by atoms with Gasteiger partial charge in [-0.3, -0.25) is 9.36 Å². The minimum absolute atomic E-state index is 0.193. The van der Waals surface area contributed by atoms with Gasteiger partial charge in [-0.1, -0.05) is 29.5 Å². The van der Waals surface area contributed by atoms with E-state index in [0.717, 1.165) is 10.4 Å². The molecule has 1 aliphatic rings. The van der Waals surface area contributed by atoms with Crippen molar-refractivity contribution < 1.29 is 14.3 Å². The fourth-order valence-electron chi connectivity index (χ4n) is 3.63. The van der Waals surface area contributed by atoms with Gasteiger partial charge >= 0.3 is 5.97 Å². The fraction of sp³-hybridized carbons (Fsp3) is 0.261. The first-order valence-corrected chi connectivity index (χ1v) is 11.5. The lowest BCUT2D eigenvalue weighted by molar-refractivity contribution is -0.139. The number of hydrogen-bond donors (Lipinski definition) is 0. The fourth-order valence-corrected chi connectivity index (χ4v) is 5.59. The average Bonchev–Trinajstić information content (AvgIpc) is 3.30. The monoisotopic (exact) mass is 454 g/mol. The van der Waals surface area contributed by atoms with Crippen LogP contribution in [0.25, 0.3) is 6.08 Å². The Labute approximate surface area is 187 Å². The number of rotatable bonds is 5. The molecule has 160 valence electrons. The predicted octanol–water partition coefficient (Wildman–Crippen LogP) is 3.18. The van der Waals surface area contributed by atoms with E-state index in [1.165, 1.54) is 11.3 Å². The van der Waals surface area contributed by atoms with Gasteiger partial charge in [0.2, 0.25) is 0 Å². The molecule has 2 aromatic heterocycles. The van der Waals surface area contributed by atoms with Gasteiger partial charge in [-0.25, -0.2) is 9.79 Å². The molecule has 0 bridgehead atoms. The summed E-state index contributed by atoms with van der Waals surface area (Å²) in [6, 6.07) is 8.74. The molecule has 0 saturated heterocycles. The molecule has 1 aromatic carbocycles. The molecule has 3 heterocycles. The van der Waals surface area contributed by atoms with Crippen LogP contribution in [0.5, 0.6) is 5.75 Å². The molecule has 0 fully saturated rings. The molecule has 0 radical (unpaired) electrons. The number of aryl methyl sites for hydroxylation is 1. The maximum absolute atomic E-state index is 13.5. The van der Waals surface area contributed by atoms with Gasteiger partial charge in [0.05, 0.1) is 29.5 Å². The number of carbonyl (C=O) groups excluding carboxylic acids is 1. The van der Waals surface area contributed by atoms with Crippen LogP contribution in [0.15, 0.2) is 56.8 Å². The first-order chi connectivity index (χ1) is 15.0. The zero-order valence-electron chi connectivity index (χ0n) is 17.7. The Morgan fingerprint density at radius 1 is 1.26 bits per heavy atom. The molecule has 0 N–H and O–H groups in total. The second kappa shape index (κ2) is 8.64. The van der Waals surface area contributed by atoms with Crippen LogP contribution in [0.2, 0.25) is 0 Å². The summed E-state index contributed by atoms with van der Waals surface area (Å²) in [5, 5.41) is 2.00. The van der Waals surface area contributed by atoms with Crippen molar-refractivity contribution in [3.05, 3.63) is 82.7 Å². The number of allylic oxidation sites excluding steroid dienone is 1. The van der Waals surface area contributed by atoms with Crippen molar-refractivity contribution in [1.29, 1.82) is 0 Å². The molecule has 0 amide bonds. The van der Waals surface area contributed by atoms with Crippen molar-refractivity contribution in [1.82, 2.24) is 4.57 Å². The van der Waals surface area contributed by atoms with Crippen molar-refractivity contribution in [3.63, 3.8) is 0 Å². The second-order valence-electron chi connectivity index (χ2n) is 7.01. The molecule has 31 heavy (non-hydrogen) atoms. The van der Waals surface area contributed by atoms with Crippen LogP contribution in [0.1, 0.15) is 35.9 Å². The SMILES string of the molecule is CCOC(=O)C1=C(C)N=c2s/c(=C\c3sccc3C)c(=O)n2C1c1ccccc1OC. The molecule has 8 heteroatoms. The van der Waals surface area contributed by atoms with E-state index in [1.807, 2.05) is 48.7 Å². The maximum Gasteiger partial charge on any atom is 0.338 e. The van der Waals surface area contributed by atoms with E-state index in [9.17, 15) is 9.59 Å². The summed E-state index contributed by atoms with van der Waals surface area (Å²) in [5.41, 5.74) is 2.51. The lowest BCUT2D eigenvalue weighted by Gasteiger charge is -2.25. The summed E-state index contributed by atoms with van der Waals surface area (Å²) in [6.45, 7) is 5.77. The van der Waals surface area contributed by atoms with Gasteiger partial charge in [-0.15, -0.1) is 11.3 Å². The molecule has 1 unspecified atom stereocenters. The number of fused-ring (bicyclic) bond motifs is 1. The number of hydrogen-bond acceptors (Lipinski definition) is 7. The molecule has 3 aromatic rings. The van der Waals surface area contributed by atoms with E-state index >= 15 is 0 Å². The topological polar surface area (TPSA) is 69.9 Å². The summed E-state index contributed by atoms with van der Waals surface area (Å²) in [5.74, 6) is 0.107. The van der Waals surface area contributed by atoms with Gasteiger partial charge in [-0.2, -0.15) is 0 Å². The Morgan fingerprint density at radius 2 is 2.03 bits per heavy atom. The molecule has 0 aliphatic carbocycles. The van der Waals surface area contributed by atoms with Gasteiger partial charge < -0.3 is 9.47 Å². The molecule has 0 spiro atoms. The zero-order chi connectivity index (χ0) is 22.1. The number of thiazole rings is 1. The minimum atomic E-state index is -0.682. The summed E-state index contributed by atoms with van der Waals surface area (Å²) >= 11 is 2.90. The zero-order valence-corrected chi connectivity index (χ0v) is 19.3.